The van der Waals surface area contributed by atoms with Crippen LogP contribution in [0.25, 0.3) is 11.0 Å². The summed E-state index contributed by atoms with van der Waals surface area (Å²) in [6.07, 6.45) is 3.34. The number of imidazole rings is 1. The molecule has 3 rings (SSSR count). The van der Waals surface area contributed by atoms with Crippen molar-refractivity contribution < 1.29 is 17.7 Å². The number of unbranched alkanes of at least 4 members (excludes halogenated alkanes) is 1. The largest absolute Gasteiger partial charge is 0.363 e. The molecule has 31 heavy (non-hydrogen) atoms. The van der Waals surface area contributed by atoms with E-state index in [4.69, 9.17) is 4.52 Å². The smallest absolute Gasteiger partial charge is 0.243 e. The summed E-state index contributed by atoms with van der Waals surface area (Å²) < 4.78 is 34.0. The highest BCUT2D eigenvalue weighted by Crippen LogP contribution is 2.28. The summed E-state index contributed by atoms with van der Waals surface area (Å²) in [7, 11) is -3.57. The van der Waals surface area contributed by atoms with Crippen molar-refractivity contribution in [3.63, 3.8) is 0 Å². The second kappa shape index (κ2) is 10.3. The third kappa shape index (κ3) is 5.28. The number of nitrogens with one attached hydrogen (secondary N) is 1. The van der Waals surface area contributed by atoms with Crippen LogP contribution in [0.1, 0.15) is 33.6 Å². The number of nitrogens with zero attached hydrogens (tertiary/aromatic N) is 4. The highest BCUT2D eigenvalue weighted by molar-refractivity contribution is 7.99. The predicted molar refractivity (Wildman–Crippen MR) is 121 cm³/mol. The van der Waals surface area contributed by atoms with Crippen LogP contribution in [-0.2, 0) is 21.4 Å². The molecule has 9 nitrogen and oxygen atoms in total. The van der Waals surface area contributed by atoms with E-state index < -0.39 is 10.0 Å². The van der Waals surface area contributed by atoms with Gasteiger partial charge in [0.05, 0.1) is 21.7 Å². The second-order valence-electron chi connectivity index (χ2n) is 6.86. The van der Waals surface area contributed by atoms with Crippen LogP contribution in [0.15, 0.2) is 45.1 Å². The fourth-order valence-corrected chi connectivity index (χ4v) is 5.51. The number of benzene rings is 1. The minimum absolute atomic E-state index is 0.146. The molecule has 2 heterocycles. The number of carbonyl (C=O) groups excluding carboxylic acids is 1. The van der Waals surface area contributed by atoms with Crippen molar-refractivity contribution >= 4 is 44.5 Å². The zero-order valence-electron chi connectivity index (χ0n) is 17.9. The summed E-state index contributed by atoms with van der Waals surface area (Å²) in [6, 6.07) is 6.61. The Labute approximate surface area is 186 Å². The molecule has 168 valence electrons. The molecule has 0 saturated carbocycles. The van der Waals surface area contributed by atoms with Crippen molar-refractivity contribution in [3.05, 3.63) is 30.5 Å². The van der Waals surface area contributed by atoms with Gasteiger partial charge in [0.2, 0.25) is 15.9 Å². The Hall–Kier alpha value is -2.37. The van der Waals surface area contributed by atoms with Crippen LogP contribution in [0.4, 0.5) is 5.82 Å². The van der Waals surface area contributed by atoms with E-state index in [0.29, 0.717) is 29.6 Å². The van der Waals surface area contributed by atoms with E-state index in [2.05, 4.69) is 22.4 Å². The van der Waals surface area contributed by atoms with Gasteiger partial charge < -0.3 is 14.4 Å². The number of hydrogen-bond donors (Lipinski definition) is 1. The molecule has 0 aliphatic heterocycles. The Kier molecular flexibility index (Phi) is 7.74. The maximum Gasteiger partial charge on any atom is 0.243 e. The highest BCUT2D eigenvalue weighted by atomic mass is 32.2. The lowest BCUT2D eigenvalue weighted by atomic mass is 10.3. The molecule has 3 aromatic rings. The Morgan fingerprint density at radius 1 is 1.23 bits per heavy atom. The molecule has 0 unspecified atom stereocenters. The van der Waals surface area contributed by atoms with Gasteiger partial charge in [-0.25, -0.2) is 13.4 Å². The summed E-state index contributed by atoms with van der Waals surface area (Å²) >= 11 is 1.30. The molecule has 0 radical (unpaired) electrons. The third-order valence-electron chi connectivity index (χ3n) is 4.80. The van der Waals surface area contributed by atoms with Gasteiger partial charge in [-0.05, 0) is 24.6 Å². The number of amides is 1. The number of aromatic nitrogens is 3. The van der Waals surface area contributed by atoms with Crippen molar-refractivity contribution in [2.24, 2.45) is 0 Å². The SMILES string of the molecule is CCCCn1c(SCC(=O)Nc2ccon2)nc2cc(S(=O)(=O)N(CC)CC)ccc21. The highest BCUT2D eigenvalue weighted by Gasteiger charge is 2.23. The van der Waals surface area contributed by atoms with Gasteiger partial charge in [-0.2, -0.15) is 4.31 Å². The average Bonchev–Trinajstić information content (AvgIpc) is 3.38. The molecule has 2 aromatic heterocycles. The molecule has 1 aromatic carbocycles. The number of hydrogen-bond acceptors (Lipinski definition) is 7. The van der Waals surface area contributed by atoms with Gasteiger partial charge in [-0.1, -0.05) is 44.1 Å². The molecule has 0 atom stereocenters. The van der Waals surface area contributed by atoms with E-state index in [9.17, 15) is 13.2 Å². The van der Waals surface area contributed by atoms with Crippen molar-refractivity contribution in [1.29, 1.82) is 0 Å². The molecule has 11 heteroatoms. The molecular weight excluding hydrogens is 438 g/mol. The maximum atomic E-state index is 12.9. The summed E-state index contributed by atoms with van der Waals surface area (Å²) in [4.78, 5) is 17.1. The van der Waals surface area contributed by atoms with Crippen molar-refractivity contribution in [2.75, 3.05) is 24.2 Å². The number of aryl methyl sites for hydroxylation is 1. The fourth-order valence-electron chi connectivity index (χ4n) is 3.19. The first-order valence-corrected chi connectivity index (χ1v) is 12.7. The topological polar surface area (TPSA) is 110 Å². The van der Waals surface area contributed by atoms with Gasteiger partial charge in [0.15, 0.2) is 11.0 Å². The van der Waals surface area contributed by atoms with Crippen LogP contribution in [0.5, 0.6) is 0 Å². The minimum Gasteiger partial charge on any atom is -0.363 e. The van der Waals surface area contributed by atoms with Gasteiger partial charge in [-0.3, -0.25) is 4.79 Å². The number of anilines is 1. The third-order valence-corrected chi connectivity index (χ3v) is 7.82. The van der Waals surface area contributed by atoms with Crippen LogP contribution in [0, 0.1) is 0 Å². The Bertz CT molecular complexity index is 1120. The first kappa shape index (κ1) is 23.3. The van der Waals surface area contributed by atoms with E-state index in [0.717, 1.165) is 24.9 Å². The normalized spacial score (nSPS) is 12.0. The lowest BCUT2D eigenvalue weighted by Gasteiger charge is -2.18. The van der Waals surface area contributed by atoms with Gasteiger partial charge in [0.1, 0.15) is 6.26 Å². The Balaban J connectivity index is 1.88. The van der Waals surface area contributed by atoms with Crippen LogP contribution in [-0.4, -0.2) is 52.2 Å². The molecule has 0 aliphatic rings. The van der Waals surface area contributed by atoms with Crippen LogP contribution in [0.3, 0.4) is 0 Å². The van der Waals surface area contributed by atoms with E-state index in [1.807, 2.05) is 18.4 Å². The predicted octanol–water partition coefficient (Wildman–Crippen LogP) is 3.59. The zero-order chi connectivity index (χ0) is 22.4. The number of rotatable bonds is 11. The van der Waals surface area contributed by atoms with Gasteiger partial charge >= 0.3 is 0 Å². The van der Waals surface area contributed by atoms with Crippen LogP contribution < -0.4 is 5.32 Å². The molecule has 1 N–H and O–H groups in total. The Morgan fingerprint density at radius 2 is 2.00 bits per heavy atom. The van der Waals surface area contributed by atoms with Gasteiger partial charge in [0.25, 0.3) is 0 Å². The zero-order valence-corrected chi connectivity index (χ0v) is 19.5. The van der Waals surface area contributed by atoms with Crippen LogP contribution >= 0.6 is 11.8 Å². The number of thioether (sulfide) groups is 1. The maximum absolute atomic E-state index is 12.9. The molecule has 0 saturated heterocycles. The van der Waals surface area contributed by atoms with Crippen molar-refractivity contribution in [3.8, 4) is 0 Å². The lowest BCUT2D eigenvalue weighted by molar-refractivity contribution is -0.113. The fraction of sp³-hybridized carbons (Fsp3) is 0.450. The quantitative estimate of drug-likeness (QED) is 0.431. The molecule has 0 spiro atoms. The first-order chi connectivity index (χ1) is 14.9. The van der Waals surface area contributed by atoms with E-state index in [1.54, 1.807) is 24.3 Å². The van der Waals surface area contributed by atoms with Crippen molar-refractivity contribution in [2.45, 2.75) is 50.2 Å². The van der Waals surface area contributed by atoms with E-state index in [1.165, 1.54) is 22.3 Å². The molecular formula is C20H27N5O4S2. The standard InChI is InChI=1S/C20H27N5O4S2/c1-4-7-11-25-17-9-8-15(31(27,28)24(5-2)6-3)13-16(17)21-20(25)30-14-19(26)22-18-10-12-29-23-18/h8-10,12-13H,4-7,11,14H2,1-3H3,(H,22,23,26). The summed E-state index contributed by atoms with van der Waals surface area (Å²) in [5.41, 5.74) is 1.45. The molecule has 0 bridgehead atoms. The summed E-state index contributed by atoms with van der Waals surface area (Å²) in [5, 5.41) is 7.00. The Morgan fingerprint density at radius 3 is 2.65 bits per heavy atom. The van der Waals surface area contributed by atoms with Gasteiger partial charge in [-0.15, -0.1) is 0 Å². The van der Waals surface area contributed by atoms with E-state index in [-0.39, 0.29) is 16.6 Å². The second-order valence-corrected chi connectivity index (χ2v) is 9.74. The van der Waals surface area contributed by atoms with Crippen LogP contribution in [0.2, 0.25) is 0 Å². The van der Waals surface area contributed by atoms with Gasteiger partial charge in [0, 0.05) is 25.7 Å². The molecule has 1 amide bonds. The number of carbonyl (C=O) groups is 1. The van der Waals surface area contributed by atoms with Crippen molar-refractivity contribution in [1.82, 2.24) is 19.0 Å². The number of sulfonamides is 1. The number of fused-ring (bicyclic) bond motifs is 1. The summed E-state index contributed by atoms with van der Waals surface area (Å²) in [5.74, 6) is 0.279. The monoisotopic (exact) mass is 465 g/mol. The first-order valence-electron chi connectivity index (χ1n) is 10.2. The average molecular weight is 466 g/mol. The van der Waals surface area contributed by atoms with E-state index >= 15 is 0 Å². The lowest BCUT2D eigenvalue weighted by Crippen LogP contribution is -2.30. The molecule has 0 aliphatic carbocycles. The molecule has 0 fully saturated rings. The summed E-state index contributed by atoms with van der Waals surface area (Å²) in [6.45, 7) is 7.29. The minimum atomic E-state index is -3.57.